The molecular weight excluding hydrogens is 236 g/mol. The number of piperidine rings is 1. The first-order chi connectivity index (χ1) is 9.15. The van der Waals surface area contributed by atoms with Crippen LogP contribution >= 0.6 is 0 Å². The van der Waals surface area contributed by atoms with Gasteiger partial charge in [-0.3, -0.25) is 0 Å². The third-order valence-electron chi connectivity index (χ3n) is 3.51. The molecule has 3 nitrogen and oxygen atoms in total. The van der Waals surface area contributed by atoms with Crippen molar-refractivity contribution in [2.45, 2.75) is 51.8 Å². The molecule has 0 spiro atoms. The van der Waals surface area contributed by atoms with E-state index in [1.165, 1.54) is 18.4 Å². The molecule has 19 heavy (non-hydrogen) atoms. The zero-order chi connectivity index (χ0) is 13.7. The van der Waals surface area contributed by atoms with E-state index in [4.69, 9.17) is 4.74 Å². The predicted octanol–water partition coefficient (Wildman–Crippen LogP) is 2.88. The van der Waals surface area contributed by atoms with Crippen LogP contribution in [0.5, 0.6) is 5.75 Å². The molecule has 2 N–H and O–H groups in total. The van der Waals surface area contributed by atoms with Crippen LogP contribution in [0.2, 0.25) is 0 Å². The van der Waals surface area contributed by atoms with Gasteiger partial charge in [-0.25, -0.2) is 0 Å². The number of ether oxygens (including phenoxy) is 1. The summed E-state index contributed by atoms with van der Waals surface area (Å²) in [6.07, 6.45) is 2.75. The van der Waals surface area contributed by atoms with E-state index in [2.05, 4.69) is 49.6 Å². The van der Waals surface area contributed by atoms with Gasteiger partial charge >= 0.3 is 0 Å². The van der Waals surface area contributed by atoms with E-state index >= 15 is 0 Å². The summed E-state index contributed by atoms with van der Waals surface area (Å²) < 4.78 is 5.75. The average Bonchev–Trinajstić information content (AvgIpc) is 2.39. The van der Waals surface area contributed by atoms with Gasteiger partial charge in [-0.15, -0.1) is 0 Å². The zero-order valence-corrected chi connectivity index (χ0v) is 12.3. The number of benzene rings is 1. The summed E-state index contributed by atoms with van der Waals surface area (Å²) >= 11 is 0. The highest BCUT2D eigenvalue weighted by molar-refractivity contribution is 5.30. The SMILES string of the molecule is CC(C)Oc1cccc(C(C)NC2CCCNC2)c1. The molecule has 106 valence electrons. The molecule has 3 heteroatoms. The third-order valence-corrected chi connectivity index (χ3v) is 3.51. The van der Waals surface area contributed by atoms with Crippen molar-refractivity contribution in [1.29, 1.82) is 0 Å². The summed E-state index contributed by atoms with van der Waals surface area (Å²) in [7, 11) is 0. The van der Waals surface area contributed by atoms with Crippen LogP contribution in [0, 0.1) is 0 Å². The van der Waals surface area contributed by atoms with Crippen molar-refractivity contribution in [3.05, 3.63) is 29.8 Å². The van der Waals surface area contributed by atoms with Crippen LogP contribution in [0.3, 0.4) is 0 Å². The topological polar surface area (TPSA) is 33.3 Å². The van der Waals surface area contributed by atoms with Gasteiger partial charge in [0.25, 0.3) is 0 Å². The quantitative estimate of drug-likeness (QED) is 0.856. The number of rotatable bonds is 5. The fourth-order valence-electron chi connectivity index (χ4n) is 2.57. The van der Waals surface area contributed by atoms with Crippen molar-refractivity contribution in [3.63, 3.8) is 0 Å². The maximum atomic E-state index is 5.75. The Balaban J connectivity index is 1.95. The van der Waals surface area contributed by atoms with Gasteiger partial charge in [-0.1, -0.05) is 12.1 Å². The van der Waals surface area contributed by atoms with Gasteiger partial charge in [0, 0.05) is 18.6 Å². The van der Waals surface area contributed by atoms with Crippen LogP contribution in [0.1, 0.15) is 45.2 Å². The average molecular weight is 262 g/mol. The Kier molecular flexibility index (Phi) is 5.23. The molecule has 0 saturated carbocycles. The molecule has 1 aliphatic rings. The third kappa shape index (κ3) is 4.51. The second-order valence-corrected chi connectivity index (χ2v) is 5.67. The summed E-state index contributed by atoms with van der Waals surface area (Å²) in [4.78, 5) is 0. The second-order valence-electron chi connectivity index (χ2n) is 5.67. The molecule has 1 aromatic rings. The molecule has 1 fully saturated rings. The fraction of sp³-hybridized carbons (Fsp3) is 0.625. The summed E-state index contributed by atoms with van der Waals surface area (Å²) in [5, 5.41) is 7.14. The lowest BCUT2D eigenvalue weighted by molar-refractivity contribution is 0.242. The lowest BCUT2D eigenvalue weighted by Crippen LogP contribution is -2.43. The molecule has 1 aromatic carbocycles. The molecule has 1 saturated heterocycles. The van der Waals surface area contributed by atoms with Gasteiger partial charge < -0.3 is 15.4 Å². The lowest BCUT2D eigenvalue weighted by atomic mass is 10.0. The number of nitrogens with one attached hydrogen (secondary N) is 2. The highest BCUT2D eigenvalue weighted by Gasteiger charge is 2.16. The predicted molar refractivity (Wildman–Crippen MR) is 79.6 cm³/mol. The Labute approximate surface area is 116 Å². The Bertz CT molecular complexity index is 386. The molecule has 2 rings (SSSR count). The van der Waals surface area contributed by atoms with Crippen LogP contribution < -0.4 is 15.4 Å². The monoisotopic (exact) mass is 262 g/mol. The Hall–Kier alpha value is -1.06. The first-order valence-electron chi connectivity index (χ1n) is 7.38. The molecule has 1 aliphatic heterocycles. The van der Waals surface area contributed by atoms with Gasteiger partial charge in [-0.2, -0.15) is 0 Å². The maximum Gasteiger partial charge on any atom is 0.120 e. The molecule has 0 radical (unpaired) electrons. The van der Waals surface area contributed by atoms with Gasteiger partial charge in [-0.05, 0) is 57.9 Å². The fourth-order valence-corrected chi connectivity index (χ4v) is 2.57. The van der Waals surface area contributed by atoms with Gasteiger partial charge in [0.2, 0.25) is 0 Å². The molecule has 0 amide bonds. The van der Waals surface area contributed by atoms with Crippen LogP contribution in [0.25, 0.3) is 0 Å². The zero-order valence-electron chi connectivity index (χ0n) is 12.3. The summed E-state index contributed by atoms with van der Waals surface area (Å²) in [6.45, 7) is 8.57. The van der Waals surface area contributed by atoms with Gasteiger partial charge in [0.05, 0.1) is 6.10 Å². The highest BCUT2D eigenvalue weighted by atomic mass is 16.5. The minimum atomic E-state index is 0.223. The van der Waals surface area contributed by atoms with E-state index in [0.717, 1.165) is 18.8 Å². The summed E-state index contributed by atoms with van der Waals surface area (Å²) in [5.74, 6) is 0.961. The van der Waals surface area contributed by atoms with E-state index in [-0.39, 0.29) is 6.10 Å². The van der Waals surface area contributed by atoms with Crippen LogP contribution in [-0.4, -0.2) is 25.2 Å². The molecule has 0 aliphatic carbocycles. The smallest absolute Gasteiger partial charge is 0.120 e. The standard InChI is InChI=1S/C16H26N2O/c1-12(2)19-16-8-4-6-14(10-16)13(3)18-15-7-5-9-17-11-15/h4,6,8,10,12-13,15,17-18H,5,7,9,11H2,1-3H3. The van der Waals surface area contributed by atoms with E-state index in [9.17, 15) is 0 Å². The van der Waals surface area contributed by atoms with Gasteiger partial charge in [0.15, 0.2) is 0 Å². The van der Waals surface area contributed by atoms with Crippen molar-refractivity contribution < 1.29 is 4.74 Å². The minimum Gasteiger partial charge on any atom is -0.491 e. The van der Waals surface area contributed by atoms with Crippen LogP contribution in [0.15, 0.2) is 24.3 Å². The van der Waals surface area contributed by atoms with Crippen LogP contribution in [-0.2, 0) is 0 Å². The second kappa shape index (κ2) is 6.92. The van der Waals surface area contributed by atoms with Crippen molar-refractivity contribution in [3.8, 4) is 5.75 Å². The minimum absolute atomic E-state index is 0.223. The van der Waals surface area contributed by atoms with Crippen molar-refractivity contribution in [2.75, 3.05) is 13.1 Å². The number of hydrogen-bond acceptors (Lipinski definition) is 3. The molecule has 0 aromatic heterocycles. The molecular formula is C16H26N2O. The lowest BCUT2D eigenvalue weighted by Gasteiger charge is -2.27. The summed E-state index contributed by atoms with van der Waals surface area (Å²) in [5.41, 5.74) is 1.30. The summed E-state index contributed by atoms with van der Waals surface area (Å²) in [6, 6.07) is 9.36. The molecule has 0 bridgehead atoms. The normalized spacial score (nSPS) is 21.4. The van der Waals surface area contributed by atoms with E-state index < -0.39 is 0 Å². The number of hydrogen-bond donors (Lipinski definition) is 2. The molecule has 1 heterocycles. The van der Waals surface area contributed by atoms with E-state index in [1.807, 2.05) is 6.07 Å². The first kappa shape index (κ1) is 14.4. The van der Waals surface area contributed by atoms with Crippen molar-refractivity contribution in [2.24, 2.45) is 0 Å². The van der Waals surface area contributed by atoms with Crippen LogP contribution in [0.4, 0.5) is 0 Å². The largest absolute Gasteiger partial charge is 0.491 e. The Morgan fingerprint density at radius 2 is 2.16 bits per heavy atom. The van der Waals surface area contributed by atoms with Crippen molar-refractivity contribution in [1.82, 2.24) is 10.6 Å². The Morgan fingerprint density at radius 1 is 1.32 bits per heavy atom. The van der Waals surface area contributed by atoms with Crippen molar-refractivity contribution >= 4 is 0 Å². The molecule has 2 unspecified atom stereocenters. The maximum absolute atomic E-state index is 5.75. The van der Waals surface area contributed by atoms with Gasteiger partial charge in [0.1, 0.15) is 5.75 Å². The van der Waals surface area contributed by atoms with E-state index in [1.54, 1.807) is 0 Å². The van der Waals surface area contributed by atoms with E-state index in [0.29, 0.717) is 12.1 Å². The first-order valence-corrected chi connectivity index (χ1v) is 7.38. The highest BCUT2D eigenvalue weighted by Crippen LogP contribution is 2.21. The Morgan fingerprint density at radius 3 is 2.84 bits per heavy atom. The molecule has 2 atom stereocenters.